The zero-order valence-electron chi connectivity index (χ0n) is 11.5. The van der Waals surface area contributed by atoms with Crippen LogP contribution in [0.25, 0.3) is 0 Å². The topological polar surface area (TPSA) is 98.4 Å². The minimum atomic E-state index is 0.145. The Morgan fingerprint density at radius 1 is 1.47 bits per heavy atom. The zero-order valence-corrected chi connectivity index (χ0v) is 11.5. The molecule has 8 nitrogen and oxygen atoms in total. The van der Waals surface area contributed by atoms with Crippen LogP contribution in [0, 0.1) is 0 Å². The fourth-order valence-corrected chi connectivity index (χ4v) is 2.14. The molecular weight excluding hydrogens is 248 g/mol. The van der Waals surface area contributed by atoms with Gasteiger partial charge in [-0.05, 0) is 20.3 Å². The molecule has 0 saturated carbocycles. The highest BCUT2D eigenvalue weighted by atomic mass is 16.5. The lowest BCUT2D eigenvalue weighted by atomic mass is 10.1. The van der Waals surface area contributed by atoms with Crippen molar-refractivity contribution in [2.45, 2.75) is 32.4 Å². The first-order chi connectivity index (χ1) is 9.15. The molecular formula is C11H20N6O2. The summed E-state index contributed by atoms with van der Waals surface area (Å²) in [5.74, 6) is 6.17. The second-order valence-electron chi connectivity index (χ2n) is 4.36. The van der Waals surface area contributed by atoms with Crippen molar-refractivity contribution in [1.82, 2.24) is 15.0 Å². The average Bonchev–Trinajstić information content (AvgIpc) is 2.84. The number of ether oxygens (including phenoxy) is 2. The van der Waals surface area contributed by atoms with Gasteiger partial charge in [0.05, 0.1) is 18.8 Å². The Labute approximate surface area is 112 Å². The summed E-state index contributed by atoms with van der Waals surface area (Å²) in [4.78, 5) is 14.5. The Kier molecular flexibility index (Phi) is 4.33. The van der Waals surface area contributed by atoms with E-state index in [2.05, 4.69) is 20.4 Å². The maximum atomic E-state index is 5.56. The van der Waals surface area contributed by atoms with E-state index in [4.69, 9.17) is 15.3 Å². The first-order valence-electron chi connectivity index (χ1n) is 6.35. The van der Waals surface area contributed by atoms with Crippen molar-refractivity contribution in [3.63, 3.8) is 0 Å². The third kappa shape index (κ3) is 3.02. The van der Waals surface area contributed by atoms with E-state index in [1.165, 1.54) is 0 Å². The molecule has 2 atom stereocenters. The number of rotatable bonds is 5. The van der Waals surface area contributed by atoms with E-state index in [0.29, 0.717) is 12.6 Å². The van der Waals surface area contributed by atoms with Crippen LogP contribution in [0.15, 0.2) is 0 Å². The number of hydrogen-bond donors (Lipinski definition) is 2. The van der Waals surface area contributed by atoms with Gasteiger partial charge in [-0.3, -0.25) is 5.43 Å². The monoisotopic (exact) mass is 268 g/mol. The Hall–Kier alpha value is -1.67. The van der Waals surface area contributed by atoms with Gasteiger partial charge in [-0.1, -0.05) is 0 Å². The predicted molar refractivity (Wildman–Crippen MR) is 71.0 cm³/mol. The van der Waals surface area contributed by atoms with Crippen molar-refractivity contribution in [3.8, 4) is 6.01 Å². The highest BCUT2D eigenvalue weighted by molar-refractivity contribution is 5.38. The van der Waals surface area contributed by atoms with Gasteiger partial charge < -0.3 is 14.4 Å². The van der Waals surface area contributed by atoms with Crippen LogP contribution in [0.5, 0.6) is 6.01 Å². The van der Waals surface area contributed by atoms with Gasteiger partial charge in [-0.2, -0.15) is 15.0 Å². The van der Waals surface area contributed by atoms with Crippen LogP contribution in [0.3, 0.4) is 0 Å². The SMILES string of the molecule is CCOc1nc(NN)nc(N(C)C2CCOC2C)n1. The van der Waals surface area contributed by atoms with Crippen molar-refractivity contribution in [3.05, 3.63) is 0 Å². The Bertz CT molecular complexity index is 430. The van der Waals surface area contributed by atoms with Gasteiger partial charge in [0, 0.05) is 13.7 Å². The quantitative estimate of drug-likeness (QED) is 0.576. The van der Waals surface area contributed by atoms with Crippen LogP contribution in [0.4, 0.5) is 11.9 Å². The second-order valence-corrected chi connectivity index (χ2v) is 4.36. The summed E-state index contributed by atoms with van der Waals surface area (Å²) < 4.78 is 10.9. The molecule has 1 aromatic heterocycles. The summed E-state index contributed by atoms with van der Waals surface area (Å²) in [6, 6.07) is 0.501. The fourth-order valence-electron chi connectivity index (χ4n) is 2.14. The highest BCUT2D eigenvalue weighted by Gasteiger charge is 2.29. The number of nitrogens with zero attached hydrogens (tertiary/aromatic N) is 4. The Balaban J connectivity index is 2.24. The number of nitrogens with one attached hydrogen (secondary N) is 1. The van der Waals surface area contributed by atoms with E-state index in [9.17, 15) is 0 Å². The number of hydrogen-bond acceptors (Lipinski definition) is 8. The summed E-state index contributed by atoms with van der Waals surface area (Å²) in [6.45, 7) is 5.15. The molecule has 19 heavy (non-hydrogen) atoms. The lowest BCUT2D eigenvalue weighted by molar-refractivity contribution is 0.118. The largest absolute Gasteiger partial charge is 0.464 e. The van der Waals surface area contributed by atoms with Gasteiger partial charge in [0.25, 0.3) is 0 Å². The standard InChI is InChI=1S/C11H20N6O2/c1-4-18-11-14-9(16-12)13-10(15-11)17(3)8-5-6-19-7(8)2/h7-8H,4-6,12H2,1-3H3,(H,13,14,15,16). The molecule has 1 aromatic rings. The fraction of sp³-hybridized carbons (Fsp3) is 0.727. The smallest absolute Gasteiger partial charge is 0.323 e. The molecule has 3 N–H and O–H groups in total. The molecule has 2 rings (SSSR count). The molecule has 2 heterocycles. The third-order valence-electron chi connectivity index (χ3n) is 3.15. The van der Waals surface area contributed by atoms with Gasteiger partial charge >= 0.3 is 6.01 Å². The van der Waals surface area contributed by atoms with Gasteiger partial charge in [0.2, 0.25) is 11.9 Å². The molecule has 1 fully saturated rings. The van der Waals surface area contributed by atoms with Crippen molar-refractivity contribution in [1.29, 1.82) is 0 Å². The Morgan fingerprint density at radius 3 is 2.84 bits per heavy atom. The van der Waals surface area contributed by atoms with E-state index in [-0.39, 0.29) is 24.1 Å². The maximum Gasteiger partial charge on any atom is 0.323 e. The van der Waals surface area contributed by atoms with E-state index in [1.807, 2.05) is 25.8 Å². The molecule has 8 heteroatoms. The molecule has 1 aliphatic rings. The van der Waals surface area contributed by atoms with E-state index in [1.54, 1.807) is 0 Å². The highest BCUT2D eigenvalue weighted by Crippen LogP contribution is 2.23. The summed E-state index contributed by atoms with van der Waals surface area (Å²) in [5.41, 5.74) is 2.42. The van der Waals surface area contributed by atoms with E-state index >= 15 is 0 Å². The zero-order chi connectivity index (χ0) is 13.8. The van der Waals surface area contributed by atoms with Gasteiger partial charge in [0.1, 0.15) is 0 Å². The van der Waals surface area contributed by atoms with Gasteiger partial charge in [-0.25, -0.2) is 5.84 Å². The molecule has 0 aromatic carbocycles. The summed E-state index contributed by atoms with van der Waals surface area (Å²) in [7, 11) is 1.93. The lowest BCUT2D eigenvalue weighted by Gasteiger charge is -2.26. The molecule has 0 spiro atoms. The number of anilines is 2. The van der Waals surface area contributed by atoms with Crippen LogP contribution in [0.2, 0.25) is 0 Å². The number of hydrazine groups is 1. The number of nitrogens with two attached hydrogens (primary N) is 1. The number of nitrogen functional groups attached to an aromatic ring is 1. The average molecular weight is 268 g/mol. The minimum absolute atomic E-state index is 0.145. The molecule has 0 bridgehead atoms. The van der Waals surface area contributed by atoms with Gasteiger partial charge in [0.15, 0.2) is 0 Å². The molecule has 0 amide bonds. The Morgan fingerprint density at radius 2 is 2.26 bits per heavy atom. The number of aromatic nitrogens is 3. The summed E-state index contributed by atoms with van der Waals surface area (Å²) in [5, 5.41) is 0. The van der Waals surface area contributed by atoms with Crippen LogP contribution < -0.4 is 20.9 Å². The van der Waals surface area contributed by atoms with Crippen molar-refractivity contribution in [2.75, 3.05) is 30.6 Å². The maximum absolute atomic E-state index is 5.56. The van der Waals surface area contributed by atoms with Crippen LogP contribution in [0.1, 0.15) is 20.3 Å². The lowest BCUT2D eigenvalue weighted by Crippen LogP contribution is -2.38. The van der Waals surface area contributed by atoms with Gasteiger partial charge in [-0.15, -0.1) is 0 Å². The first-order valence-corrected chi connectivity index (χ1v) is 6.35. The molecule has 1 saturated heterocycles. The normalized spacial score (nSPS) is 22.3. The summed E-state index contributed by atoms with van der Waals surface area (Å²) in [6.07, 6.45) is 1.09. The van der Waals surface area contributed by atoms with Crippen molar-refractivity contribution < 1.29 is 9.47 Å². The molecule has 2 unspecified atom stereocenters. The number of likely N-dealkylation sites (N-methyl/N-ethyl adjacent to an activating group) is 1. The predicted octanol–water partition coefficient (Wildman–Crippen LogP) is 0.169. The molecule has 0 radical (unpaired) electrons. The molecule has 1 aliphatic heterocycles. The minimum Gasteiger partial charge on any atom is -0.464 e. The van der Waals surface area contributed by atoms with Crippen molar-refractivity contribution >= 4 is 11.9 Å². The van der Waals surface area contributed by atoms with Crippen molar-refractivity contribution in [2.24, 2.45) is 5.84 Å². The van der Waals surface area contributed by atoms with Crippen LogP contribution >= 0.6 is 0 Å². The van der Waals surface area contributed by atoms with E-state index in [0.717, 1.165) is 13.0 Å². The molecule has 0 aliphatic carbocycles. The second kappa shape index (κ2) is 5.98. The third-order valence-corrected chi connectivity index (χ3v) is 3.15. The van der Waals surface area contributed by atoms with Crippen LogP contribution in [-0.4, -0.2) is 47.4 Å². The summed E-state index contributed by atoms with van der Waals surface area (Å²) >= 11 is 0. The van der Waals surface area contributed by atoms with E-state index < -0.39 is 0 Å². The first kappa shape index (κ1) is 13.8. The van der Waals surface area contributed by atoms with Crippen LogP contribution in [-0.2, 0) is 4.74 Å². The molecule has 106 valence electrons.